The predicted octanol–water partition coefficient (Wildman–Crippen LogP) is 6.12. The molecule has 7 nitrogen and oxygen atoms in total. The summed E-state index contributed by atoms with van der Waals surface area (Å²) in [5.74, 6) is 0.865. The Hall–Kier alpha value is -3.26. The van der Waals surface area contributed by atoms with Gasteiger partial charge in [-0.3, -0.25) is 15.5 Å². The van der Waals surface area contributed by atoms with E-state index < -0.39 is 4.92 Å². The van der Waals surface area contributed by atoms with E-state index >= 15 is 0 Å². The molecule has 0 atom stereocenters. The van der Waals surface area contributed by atoms with Crippen molar-refractivity contribution in [2.75, 3.05) is 12.0 Å². The highest BCUT2D eigenvalue weighted by Crippen LogP contribution is 2.26. The standard InChI is InChI=1S/C22H24N4O3S/c1-2-3-4-5-14-29-20-12-6-17(7-13-20)15-23-25-22-24-21(16-30-22)18-8-10-19(11-9-18)26(27)28/h6-13,15-16H,2-5,14H2,1H3,(H,24,25)/b23-15+. The van der Waals surface area contributed by atoms with Crippen molar-refractivity contribution in [2.24, 2.45) is 5.10 Å². The Kier molecular flexibility index (Phi) is 7.91. The van der Waals surface area contributed by atoms with Gasteiger partial charge in [0.05, 0.1) is 23.4 Å². The fourth-order valence-electron chi connectivity index (χ4n) is 2.74. The van der Waals surface area contributed by atoms with E-state index in [1.54, 1.807) is 18.3 Å². The van der Waals surface area contributed by atoms with Crippen molar-refractivity contribution >= 4 is 28.4 Å². The molecule has 8 heteroatoms. The first-order valence-electron chi connectivity index (χ1n) is 9.88. The Morgan fingerprint density at radius 3 is 2.60 bits per heavy atom. The largest absolute Gasteiger partial charge is 0.494 e. The number of thiazole rings is 1. The van der Waals surface area contributed by atoms with Crippen molar-refractivity contribution in [3.63, 3.8) is 0 Å². The fourth-order valence-corrected chi connectivity index (χ4v) is 3.41. The Bertz CT molecular complexity index is 969. The number of hydrogen-bond donors (Lipinski definition) is 1. The number of nitro benzene ring substituents is 1. The van der Waals surface area contributed by atoms with Crippen LogP contribution in [-0.4, -0.2) is 22.7 Å². The van der Waals surface area contributed by atoms with E-state index in [1.165, 1.54) is 42.7 Å². The molecule has 2 aromatic carbocycles. The summed E-state index contributed by atoms with van der Waals surface area (Å²) < 4.78 is 5.74. The Balaban J connectivity index is 1.49. The molecule has 0 unspecified atom stereocenters. The number of aromatic nitrogens is 1. The van der Waals surface area contributed by atoms with Crippen molar-refractivity contribution in [1.82, 2.24) is 4.98 Å². The third-order valence-electron chi connectivity index (χ3n) is 4.40. The first kappa shape index (κ1) is 21.4. The average molecular weight is 425 g/mol. The molecule has 0 aliphatic carbocycles. The highest BCUT2D eigenvalue weighted by molar-refractivity contribution is 7.14. The number of rotatable bonds is 11. The lowest BCUT2D eigenvalue weighted by molar-refractivity contribution is -0.384. The van der Waals surface area contributed by atoms with Crippen LogP contribution in [0.25, 0.3) is 11.3 Å². The van der Waals surface area contributed by atoms with Crippen molar-refractivity contribution in [3.8, 4) is 17.0 Å². The summed E-state index contributed by atoms with van der Waals surface area (Å²) in [6, 6.07) is 14.1. The maximum Gasteiger partial charge on any atom is 0.269 e. The van der Waals surface area contributed by atoms with E-state index in [-0.39, 0.29) is 5.69 Å². The molecule has 0 spiro atoms. The summed E-state index contributed by atoms with van der Waals surface area (Å²) in [4.78, 5) is 14.8. The molecule has 0 bridgehead atoms. The van der Waals surface area contributed by atoms with Gasteiger partial charge in [0.1, 0.15) is 5.75 Å². The number of unbranched alkanes of at least 4 members (excludes halogenated alkanes) is 3. The third-order valence-corrected chi connectivity index (χ3v) is 5.15. The second kappa shape index (κ2) is 11.1. The SMILES string of the molecule is CCCCCCOc1ccc(/C=N/Nc2nc(-c3ccc([N+](=O)[O-])cc3)cs2)cc1. The van der Waals surface area contributed by atoms with Crippen LogP contribution in [0.3, 0.4) is 0 Å². The van der Waals surface area contributed by atoms with Gasteiger partial charge in [-0.05, 0) is 48.4 Å². The van der Waals surface area contributed by atoms with Crippen LogP contribution >= 0.6 is 11.3 Å². The van der Waals surface area contributed by atoms with Gasteiger partial charge in [-0.1, -0.05) is 26.2 Å². The van der Waals surface area contributed by atoms with Gasteiger partial charge in [0.25, 0.3) is 5.69 Å². The topological polar surface area (TPSA) is 89.7 Å². The molecule has 0 amide bonds. The molecule has 3 aromatic rings. The van der Waals surface area contributed by atoms with Gasteiger partial charge in [-0.15, -0.1) is 11.3 Å². The third kappa shape index (κ3) is 6.38. The summed E-state index contributed by atoms with van der Waals surface area (Å²) in [6.07, 6.45) is 6.48. The lowest BCUT2D eigenvalue weighted by Gasteiger charge is -2.05. The number of nitrogens with one attached hydrogen (secondary N) is 1. The van der Waals surface area contributed by atoms with E-state index in [9.17, 15) is 10.1 Å². The number of hydrazone groups is 1. The molecule has 156 valence electrons. The molecule has 30 heavy (non-hydrogen) atoms. The first-order chi connectivity index (χ1) is 14.7. The van der Waals surface area contributed by atoms with Crippen molar-refractivity contribution in [3.05, 3.63) is 69.6 Å². The smallest absolute Gasteiger partial charge is 0.269 e. The quantitative estimate of drug-likeness (QED) is 0.173. The summed E-state index contributed by atoms with van der Waals surface area (Å²) in [6.45, 7) is 2.94. The number of hydrogen-bond acceptors (Lipinski definition) is 7. The van der Waals surface area contributed by atoms with Gasteiger partial charge in [0.2, 0.25) is 5.13 Å². The first-order valence-corrected chi connectivity index (χ1v) is 10.8. The molecule has 0 fully saturated rings. The minimum atomic E-state index is -0.418. The summed E-state index contributed by atoms with van der Waals surface area (Å²) in [5.41, 5.74) is 5.49. The monoisotopic (exact) mass is 424 g/mol. The van der Waals surface area contributed by atoms with Crippen LogP contribution in [-0.2, 0) is 0 Å². The minimum Gasteiger partial charge on any atom is -0.494 e. The zero-order valence-corrected chi connectivity index (χ0v) is 17.6. The molecule has 1 aromatic heterocycles. The van der Waals surface area contributed by atoms with E-state index in [2.05, 4.69) is 22.4 Å². The van der Waals surface area contributed by atoms with E-state index in [0.717, 1.165) is 35.6 Å². The maximum absolute atomic E-state index is 10.7. The van der Waals surface area contributed by atoms with Crippen LogP contribution in [0.2, 0.25) is 0 Å². The maximum atomic E-state index is 10.7. The lowest BCUT2D eigenvalue weighted by Crippen LogP contribution is -1.97. The van der Waals surface area contributed by atoms with E-state index in [0.29, 0.717) is 5.13 Å². The van der Waals surface area contributed by atoms with Crippen molar-refractivity contribution in [2.45, 2.75) is 32.6 Å². The number of nitro groups is 1. The molecule has 0 saturated carbocycles. The lowest BCUT2D eigenvalue weighted by atomic mass is 10.1. The van der Waals surface area contributed by atoms with E-state index in [4.69, 9.17) is 4.74 Å². The van der Waals surface area contributed by atoms with Crippen LogP contribution in [0.15, 0.2) is 59.0 Å². The van der Waals surface area contributed by atoms with Crippen LogP contribution in [0.1, 0.15) is 38.2 Å². The van der Waals surface area contributed by atoms with Crippen LogP contribution in [0.4, 0.5) is 10.8 Å². The van der Waals surface area contributed by atoms with Gasteiger partial charge in [-0.25, -0.2) is 4.98 Å². The van der Waals surface area contributed by atoms with Crippen LogP contribution in [0, 0.1) is 10.1 Å². The second-order valence-corrected chi connectivity index (χ2v) is 7.55. The number of non-ortho nitro benzene ring substituents is 1. The molecule has 3 rings (SSSR count). The fraction of sp³-hybridized carbons (Fsp3) is 0.273. The van der Waals surface area contributed by atoms with Gasteiger partial charge >= 0.3 is 0 Å². The Morgan fingerprint density at radius 2 is 1.90 bits per heavy atom. The number of benzene rings is 2. The number of nitrogens with zero attached hydrogens (tertiary/aromatic N) is 3. The number of ether oxygens (including phenoxy) is 1. The van der Waals surface area contributed by atoms with Crippen molar-refractivity contribution < 1.29 is 9.66 Å². The van der Waals surface area contributed by atoms with Gasteiger partial charge in [-0.2, -0.15) is 5.10 Å². The zero-order chi connectivity index (χ0) is 21.2. The summed E-state index contributed by atoms with van der Waals surface area (Å²) in [5, 5.41) is 17.5. The van der Waals surface area contributed by atoms with Gasteiger partial charge in [0, 0.05) is 23.1 Å². The Labute approximate surface area is 179 Å². The van der Waals surface area contributed by atoms with Crippen LogP contribution in [0.5, 0.6) is 5.75 Å². The van der Waals surface area contributed by atoms with Gasteiger partial charge in [0.15, 0.2) is 0 Å². The summed E-state index contributed by atoms with van der Waals surface area (Å²) >= 11 is 1.42. The molecule has 0 radical (unpaired) electrons. The van der Waals surface area contributed by atoms with Gasteiger partial charge < -0.3 is 4.74 Å². The minimum absolute atomic E-state index is 0.0600. The number of anilines is 1. The highest BCUT2D eigenvalue weighted by Gasteiger charge is 2.08. The molecule has 0 aliphatic rings. The molecular formula is C22H24N4O3S. The Morgan fingerprint density at radius 1 is 1.13 bits per heavy atom. The second-order valence-electron chi connectivity index (χ2n) is 6.69. The highest BCUT2D eigenvalue weighted by atomic mass is 32.1. The molecule has 0 aliphatic heterocycles. The van der Waals surface area contributed by atoms with Crippen LogP contribution < -0.4 is 10.2 Å². The normalized spacial score (nSPS) is 11.0. The molecule has 0 saturated heterocycles. The molecule has 1 N–H and O–H groups in total. The predicted molar refractivity (Wildman–Crippen MR) is 122 cm³/mol. The van der Waals surface area contributed by atoms with Crippen molar-refractivity contribution in [1.29, 1.82) is 0 Å². The zero-order valence-electron chi connectivity index (χ0n) is 16.8. The average Bonchev–Trinajstić information content (AvgIpc) is 3.24. The molecule has 1 heterocycles. The van der Waals surface area contributed by atoms with E-state index in [1.807, 2.05) is 29.6 Å². The molecular weight excluding hydrogens is 400 g/mol. The summed E-state index contributed by atoms with van der Waals surface area (Å²) in [7, 11) is 0.